The molecule has 1 unspecified atom stereocenters. The number of nitrogens with two attached hydrogens (primary N) is 2. The van der Waals surface area contributed by atoms with E-state index in [1.54, 1.807) is 25.3 Å². The standard InChI is InChI=1S/C10H16N2O3S/c1-15-7-9(11)6-8-4-2-3-5-10(8)16(12,13)14/h2-5,9H,6-7,11H2,1H3,(H2,12,13,14). The van der Waals surface area contributed by atoms with Crippen molar-refractivity contribution in [2.75, 3.05) is 13.7 Å². The monoisotopic (exact) mass is 244 g/mol. The van der Waals surface area contributed by atoms with Crippen LogP contribution in [0.1, 0.15) is 5.56 Å². The fourth-order valence-corrected chi connectivity index (χ4v) is 2.29. The summed E-state index contributed by atoms with van der Waals surface area (Å²) in [5.41, 5.74) is 6.39. The zero-order chi connectivity index (χ0) is 12.2. The molecule has 5 nitrogen and oxygen atoms in total. The molecule has 0 spiro atoms. The highest BCUT2D eigenvalue weighted by molar-refractivity contribution is 7.89. The number of ether oxygens (including phenoxy) is 1. The number of benzene rings is 1. The maximum absolute atomic E-state index is 11.3. The molecule has 0 aliphatic rings. The van der Waals surface area contributed by atoms with Gasteiger partial charge in [0.05, 0.1) is 11.5 Å². The van der Waals surface area contributed by atoms with Gasteiger partial charge in [0.25, 0.3) is 0 Å². The highest BCUT2D eigenvalue weighted by Gasteiger charge is 2.15. The molecule has 90 valence electrons. The van der Waals surface area contributed by atoms with Gasteiger partial charge in [-0.1, -0.05) is 18.2 Å². The number of rotatable bonds is 5. The summed E-state index contributed by atoms with van der Waals surface area (Å²) < 4.78 is 27.5. The van der Waals surface area contributed by atoms with Gasteiger partial charge >= 0.3 is 0 Å². The van der Waals surface area contributed by atoms with Crippen molar-refractivity contribution in [1.29, 1.82) is 0 Å². The van der Waals surface area contributed by atoms with Gasteiger partial charge in [0.1, 0.15) is 0 Å². The summed E-state index contributed by atoms with van der Waals surface area (Å²) in [7, 11) is -2.14. The summed E-state index contributed by atoms with van der Waals surface area (Å²) in [5, 5.41) is 5.11. The van der Waals surface area contributed by atoms with Gasteiger partial charge in [-0.15, -0.1) is 0 Å². The van der Waals surface area contributed by atoms with Crippen LogP contribution in [-0.2, 0) is 21.2 Å². The Morgan fingerprint density at radius 3 is 2.56 bits per heavy atom. The lowest BCUT2D eigenvalue weighted by molar-refractivity contribution is 0.180. The molecule has 1 aromatic carbocycles. The van der Waals surface area contributed by atoms with E-state index < -0.39 is 10.0 Å². The highest BCUT2D eigenvalue weighted by Crippen LogP contribution is 2.15. The molecule has 0 aromatic heterocycles. The van der Waals surface area contributed by atoms with Gasteiger partial charge in [0.15, 0.2) is 0 Å². The van der Waals surface area contributed by atoms with E-state index in [4.69, 9.17) is 15.6 Å². The lowest BCUT2D eigenvalue weighted by Gasteiger charge is -2.12. The largest absolute Gasteiger partial charge is 0.383 e. The van der Waals surface area contributed by atoms with Crippen LogP contribution in [0, 0.1) is 0 Å². The summed E-state index contributed by atoms with van der Waals surface area (Å²) in [6.07, 6.45) is 0.417. The smallest absolute Gasteiger partial charge is 0.238 e. The van der Waals surface area contributed by atoms with E-state index in [1.807, 2.05) is 0 Å². The number of hydrogen-bond acceptors (Lipinski definition) is 4. The molecule has 0 heterocycles. The molecule has 0 bridgehead atoms. The molecule has 1 rings (SSSR count). The minimum atomic E-state index is -3.69. The fraction of sp³-hybridized carbons (Fsp3) is 0.400. The van der Waals surface area contributed by atoms with E-state index >= 15 is 0 Å². The molecular weight excluding hydrogens is 228 g/mol. The van der Waals surface area contributed by atoms with Crippen molar-refractivity contribution in [2.45, 2.75) is 17.4 Å². The number of hydrogen-bond donors (Lipinski definition) is 2. The van der Waals surface area contributed by atoms with E-state index in [0.717, 1.165) is 0 Å². The summed E-state index contributed by atoms with van der Waals surface area (Å²) in [4.78, 5) is 0.126. The van der Waals surface area contributed by atoms with E-state index in [0.29, 0.717) is 18.6 Å². The van der Waals surface area contributed by atoms with Gasteiger partial charge < -0.3 is 10.5 Å². The first-order valence-corrected chi connectivity index (χ1v) is 6.35. The quantitative estimate of drug-likeness (QED) is 0.753. The van der Waals surface area contributed by atoms with Crippen molar-refractivity contribution >= 4 is 10.0 Å². The molecule has 0 fully saturated rings. The molecule has 0 saturated carbocycles. The van der Waals surface area contributed by atoms with E-state index in [1.165, 1.54) is 6.07 Å². The molecule has 0 aliphatic heterocycles. The van der Waals surface area contributed by atoms with Crippen molar-refractivity contribution in [3.63, 3.8) is 0 Å². The molecule has 0 amide bonds. The van der Waals surface area contributed by atoms with E-state index in [9.17, 15) is 8.42 Å². The van der Waals surface area contributed by atoms with Crippen LogP contribution in [0.3, 0.4) is 0 Å². The predicted octanol–water partition coefficient (Wildman–Crippen LogP) is -0.150. The Bertz CT molecular complexity index is 445. The Balaban J connectivity index is 2.96. The second kappa shape index (κ2) is 5.40. The summed E-state index contributed by atoms with van der Waals surface area (Å²) in [6, 6.07) is 6.32. The zero-order valence-corrected chi connectivity index (χ0v) is 9.91. The first-order valence-electron chi connectivity index (χ1n) is 4.80. The third kappa shape index (κ3) is 3.57. The van der Waals surface area contributed by atoms with Crippen LogP contribution in [-0.4, -0.2) is 28.2 Å². The second-order valence-corrected chi connectivity index (χ2v) is 5.10. The first-order chi connectivity index (χ1) is 7.45. The van der Waals surface area contributed by atoms with Gasteiger partial charge in [-0.05, 0) is 18.1 Å². The molecular formula is C10H16N2O3S. The van der Waals surface area contributed by atoms with Crippen LogP contribution < -0.4 is 10.9 Å². The van der Waals surface area contributed by atoms with Gasteiger partial charge in [0, 0.05) is 13.2 Å². The minimum absolute atomic E-state index is 0.126. The molecule has 0 radical (unpaired) electrons. The lowest BCUT2D eigenvalue weighted by Crippen LogP contribution is -2.29. The lowest BCUT2D eigenvalue weighted by atomic mass is 10.1. The van der Waals surface area contributed by atoms with Gasteiger partial charge in [-0.2, -0.15) is 0 Å². The molecule has 0 aliphatic carbocycles. The van der Waals surface area contributed by atoms with Crippen molar-refractivity contribution in [3.8, 4) is 0 Å². The molecule has 6 heteroatoms. The molecule has 1 aromatic rings. The molecule has 4 N–H and O–H groups in total. The third-order valence-corrected chi connectivity index (χ3v) is 3.15. The third-order valence-electron chi connectivity index (χ3n) is 2.14. The Morgan fingerprint density at radius 2 is 2.00 bits per heavy atom. The summed E-state index contributed by atoms with van der Waals surface area (Å²) in [6.45, 7) is 0.374. The normalized spacial score (nSPS) is 13.7. The number of sulfonamides is 1. The maximum Gasteiger partial charge on any atom is 0.238 e. The topological polar surface area (TPSA) is 95.4 Å². The zero-order valence-electron chi connectivity index (χ0n) is 9.09. The van der Waals surface area contributed by atoms with Crippen LogP contribution in [0.25, 0.3) is 0 Å². The maximum atomic E-state index is 11.3. The Kier molecular flexibility index (Phi) is 4.43. The Labute approximate surface area is 95.4 Å². The van der Waals surface area contributed by atoms with Crippen LogP contribution in [0.4, 0.5) is 0 Å². The van der Waals surface area contributed by atoms with Crippen LogP contribution in [0.5, 0.6) is 0 Å². The minimum Gasteiger partial charge on any atom is -0.383 e. The van der Waals surface area contributed by atoms with Gasteiger partial charge in [-0.25, -0.2) is 13.6 Å². The van der Waals surface area contributed by atoms with E-state index in [2.05, 4.69) is 0 Å². The van der Waals surface area contributed by atoms with Crippen molar-refractivity contribution in [1.82, 2.24) is 0 Å². The highest BCUT2D eigenvalue weighted by atomic mass is 32.2. The number of primary sulfonamides is 1. The van der Waals surface area contributed by atoms with Crippen LogP contribution in [0.15, 0.2) is 29.2 Å². The average Bonchev–Trinajstić information content (AvgIpc) is 2.17. The van der Waals surface area contributed by atoms with Crippen molar-refractivity contribution < 1.29 is 13.2 Å². The Morgan fingerprint density at radius 1 is 1.38 bits per heavy atom. The van der Waals surface area contributed by atoms with Crippen LogP contribution >= 0.6 is 0 Å². The summed E-state index contributed by atoms with van der Waals surface area (Å²) in [5.74, 6) is 0. The van der Waals surface area contributed by atoms with E-state index in [-0.39, 0.29) is 10.9 Å². The second-order valence-electron chi connectivity index (χ2n) is 3.57. The SMILES string of the molecule is COCC(N)Cc1ccccc1S(N)(=O)=O. The van der Waals surface area contributed by atoms with Gasteiger partial charge in [0.2, 0.25) is 10.0 Å². The molecule has 16 heavy (non-hydrogen) atoms. The fourth-order valence-electron chi connectivity index (χ4n) is 1.51. The first kappa shape index (κ1) is 13.1. The molecule has 1 atom stereocenters. The van der Waals surface area contributed by atoms with Crippen molar-refractivity contribution in [2.24, 2.45) is 10.9 Å². The Hall–Kier alpha value is -0.950. The average molecular weight is 244 g/mol. The van der Waals surface area contributed by atoms with Crippen LogP contribution in [0.2, 0.25) is 0 Å². The van der Waals surface area contributed by atoms with Gasteiger partial charge in [-0.3, -0.25) is 0 Å². The van der Waals surface area contributed by atoms with Crippen molar-refractivity contribution in [3.05, 3.63) is 29.8 Å². The molecule has 0 saturated heterocycles. The number of methoxy groups -OCH3 is 1. The summed E-state index contributed by atoms with van der Waals surface area (Å²) >= 11 is 0. The predicted molar refractivity (Wildman–Crippen MR) is 61.4 cm³/mol.